The molecule has 1 aliphatic carbocycles. The molecule has 0 saturated heterocycles. The number of aromatic nitrogens is 3. The van der Waals surface area contributed by atoms with Gasteiger partial charge in [0.2, 0.25) is 0 Å². The van der Waals surface area contributed by atoms with Gasteiger partial charge in [-0.15, -0.1) is 0 Å². The van der Waals surface area contributed by atoms with E-state index >= 15 is 0 Å². The summed E-state index contributed by atoms with van der Waals surface area (Å²) in [6.45, 7) is 6.06. The average Bonchev–Trinajstić information content (AvgIpc) is 3.66. The number of nitrogens with two attached hydrogens (primary N) is 1. The molecule has 1 fully saturated rings. The summed E-state index contributed by atoms with van der Waals surface area (Å²) in [4.78, 5) is 25.3. The Morgan fingerprint density at radius 2 is 1.88 bits per heavy atom. The minimum absolute atomic E-state index is 0.269. The molecule has 2 heterocycles. The van der Waals surface area contributed by atoms with Gasteiger partial charge in [0.15, 0.2) is 0 Å². The predicted octanol–water partition coefficient (Wildman–Crippen LogP) is 6.02. The fraction of sp³-hybridized carbons (Fsp3) is 0.310. The van der Waals surface area contributed by atoms with Crippen LogP contribution in [-0.2, 0) is 11.3 Å². The van der Waals surface area contributed by atoms with E-state index in [2.05, 4.69) is 25.6 Å². The fourth-order valence-corrected chi connectivity index (χ4v) is 4.22. The van der Waals surface area contributed by atoms with Crippen LogP contribution in [0.5, 0.6) is 11.5 Å². The van der Waals surface area contributed by atoms with Crippen molar-refractivity contribution in [2.45, 2.75) is 51.4 Å². The summed E-state index contributed by atoms with van der Waals surface area (Å²) in [6.07, 6.45) is 4.31. The zero-order chi connectivity index (χ0) is 28.3. The lowest BCUT2D eigenvalue weighted by atomic mass is 10.2. The monoisotopic (exact) mass is 562 g/mol. The Labute approximate surface area is 237 Å². The average molecular weight is 563 g/mol. The Hall–Kier alpha value is -4.31. The lowest BCUT2D eigenvalue weighted by Crippen LogP contribution is -2.44. The molecule has 1 saturated carbocycles. The highest BCUT2D eigenvalue weighted by atomic mass is 35.5. The van der Waals surface area contributed by atoms with Crippen molar-refractivity contribution in [1.82, 2.24) is 20.3 Å². The third kappa shape index (κ3) is 6.81. The van der Waals surface area contributed by atoms with Crippen LogP contribution in [0.1, 0.15) is 39.3 Å². The molecule has 0 atom stereocenters. The molecular formula is C29H31ClN6O4. The van der Waals surface area contributed by atoms with Gasteiger partial charge in [0.05, 0.1) is 27.5 Å². The third-order valence-corrected chi connectivity index (χ3v) is 6.48. The molecule has 0 unspecified atom stereocenters. The minimum atomic E-state index is -0.573. The summed E-state index contributed by atoms with van der Waals surface area (Å²) in [7, 11) is 0. The first-order valence-electron chi connectivity index (χ1n) is 12.9. The number of carbonyl (C=O) groups excluding carboxylic acids is 1. The van der Waals surface area contributed by atoms with Crippen LogP contribution in [0.2, 0.25) is 5.02 Å². The molecule has 0 bridgehead atoms. The standard InChI is InChI=1S/C29H31ClN6O4/c1-28(2,3)40-27(37)36-29(9-10-29)16-39-25-14-23-20(13-22(25)31)26(34-17-33-23)35-18-7-8-24(21(30)12-18)38-15-19-6-4-5-11-32-19/h4-8,11-14,17H,9-10,15-16,31H2,1-3H3,(H,36,37)(H,33,34,35). The van der Waals surface area contributed by atoms with E-state index in [9.17, 15) is 4.79 Å². The van der Waals surface area contributed by atoms with E-state index in [1.165, 1.54) is 6.33 Å². The van der Waals surface area contributed by atoms with Gasteiger partial charge in [-0.2, -0.15) is 0 Å². The van der Waals surface area contributed by atoms with Gasteiger partial charge >= 0.3 is 6.09 Å². The molecule has 1 aliphatic rings. The van der Waals surface area contributed by atoms with Crippen molar-refractivity contribution in [2.75, 3.05) is 17.7 Å². The maximum Gasteiger partial charge on any atom is 0.408 e. The zero-order valence-electron chi connectivity index (χ0n) is 22.5. The Balaban J connectivity index is 1.26. The molecule has 4 N–H and O–H groups in total. The van der Waals surface area contributed by atoms with Crippen LogP contribution in [0.4, 0.5) is 22.0 Å². The summed E-state index contributed by atoms with van der Waals surface area (Å²) in [5, 5.41) is 7.37. The maximum atomic E-state index is 12.2. The van der Waals surface area contributed by atoms with Crippen molar-refractivity contribution in [3.8, 4) is 11.5 Å². The maximum absolute atomic E-state index is 12.2. The first kappa shape index (κ1) is 27.3. The van der Waals surface area contributed by atoms with Gasteiger partial charge in [-0.3, -0.25) is 4.98 Å². The van der Waals surface area contributed by atoms with E-state index in [4.69, 9.17) is 31.5 Å². The van der Waals surface area contributed by atoms with Gasteiger partial charge in [-0.1, -0.05) is 17.7 Å². The molecular weight excluding hydrogens is 532 g/mol. The summed E-state index contributed by atoms with van der Waals surface area (Å²) in [6, 6.07) is 14.6. The van der Waals surface area contributed by atoms with Crippen molar-refractivity contribution in [2.24, 2.45) is 0 Å². The number of halogens is 1. The van der Waals surface area contributed by atoms with Gasteiger partial charge in [0.1, 0.15) is 42.5 Å². The molecule has 1 amide bonds. The Bertz CT molecular complexity index is 1520. The topological polar surface area (TPSA) is 134 Å². The highest BCUT2D eigenvalue weighted by molar-refractivity contribution is 6.32. The number of pyridine rings is 1. The fourth-order valence-electron chi connectivity index (χ4n) is 3.99. The van der Waals surface area contributed by atoms with E-state index in [1.807, 2.05) is 45.0 Å². The molecule has 208 valence electrons. The number of rotatable bonds is 9. The van der Waals surface area contributed by atoms with E-state index in [0.717, 1.165) is 24.2 Å². The summed E-state index contributed by atoms with van der Waals surface area (Å²) < 4.78 is 17.2. The largest absolute Gasteiger partial charge is 0.489 e. The predicted molar refractivity (Wildman–Crippen MR) is 154 cm³/mol. The SMILES string of the molecule is CC(C)(C)OC(=O)NC1(COc2cc3ncnc(Nc4ccc(OCc5ccccn5)c(Cl)c4)c3cc2N)CC1. The molecule has 10 nitrogen and oxygen atoms in total. The number of alkyl carbamates (subject to hydrolysis) is 1. The molecule has 4 aromatic rings. The van der Waals surface area contributed by atoms with Gasteiger partial charge in [0.25, 0.3) is 0 Å². The number of ether oxygens (including phenoxy) is 3. The molecule has 0 spiro atoms. The number of amides is 1. The molecule has 5 rings (SSSR count). The van der Waals surface area contributed by atoms with Gasteiger partial charge < -0.3 is 30.6 Å². The van der Waals surface area contributed by atoms with E-state index < -0.39 is 17.2 Å². The second kappa shape index (κ2) is 11.1. The quantitative estimate of drug-likeness (QED) is 0.209. The van der Waals surface area contributed by atoms with Gasteiger partial charge in [-0.25, -0.2) is 14.8 Å². The van der Waals surface area contributed by atoms with Crippen molar-refractivity contribution in [3.63, 3.8) is 0 Å². The van der Waals surface area contributed by atoms with Crippen LogP contribution < -0.4 is 25.8 Å². The highest BCUT2D eigenvalue weighted by Gasteiger charge is 2.46. The number of nitrogen functional groups attached to an aromatic ring is 1. The van der Waals surface area contributed by atoms with Crippen molar-refractivity contribution in [3.05, 3.63) is 71.8 Å². The first-order valence-corrected chi connectivity index (χ1v) is 13.2. The number of fused-ring (bicyclic) bond motifs is 1. The van der Waals surface area contributed by atoms with Crippen molar-refractivity contribution < 1.29 is 19.0 Å². The van der Waals surface area contributed by atoms with Gasteiger partial charge in [-0.05, 0) is 70.0 Å². The number of nitrogens with one attached hydrogen (secondary N) is 2. The zero-order valence-corrected chi connectivity index (χ0v) is 23.3. The number of hydrogen-bond acceptors (Lipinski definition) is 9. The second-order valence-electron chi connectivity index (χ2n) is 10.7. The second-order valence-corrected chi connectivity index (χ2v) is 11.1. The smallest absolute Gasteiger partial charge is 0.408 e. The number of carbonyl (C=O) groups is 1. The molecule has 40 heavy (non-hydrogen) atoms. The van der Waals surface area contributed by atoms with Crippen molar-refractivity contribution in [1.29, 1.82) is 0 Å². The minimum Gasteiger partial charge on any atom is -0.489 e. The third-order valence-electron chi connectivity index (χ3n) is 6.19. The Kier molecular flexibility index (Phi) is 7.53. The summed E-state index contributed by atoms with van der Waals surface area (Å²) in [5.74, 6) is 1.59. The first-order chi connectivity index (χ1) is 19.1. The number of anilines is 3. The van der Waals surface area contributed by atoms with Crippen LogP contribution in [0.15, 0.2) is 61.1 Å². The van der Waals surface area contributed by atoms with Crippen LogP contribution in [0, 0.1) is 0 Å². The van der Waals surface area contributed by atoms with Crippen LogP contribution in [0.3, 0.4) is 0 Å². The van der Waals surface area contributed by atoms with Crippen molar-refractivity contribution >= 4 is 45.8 Å². The summed E-state index contributed by atoms with van der Waals surface area (Å²) in [5.41, 5.74) is 7.91. The van der Waals surface area contributed by atoms with E-state index in [1.54, 1.807) is 30.5 Å². The lowest BCUT2D eigenvalue weighted by Gasteiger charge is -2.23. The van der Waals surface area contributed by atoms with Crippen LogP contribution in [0.25, 0.3) is 10.9 Å². The van der Waals surface area contributed by atoms with E-state index in [-0.39, 0.29) is 6.61 Å². The number of benzene rings is 2. The molecule has 0 aliphatic heterocycles. The van der Waals surface area contributed by atoms with Crippen LogP contribution in [-0.4, -0.2) is 38.8 Å². The normalized spacial score (nSPS) is 13.9. The Morgan fingerprint density at radius 3 is 2.58 bits per heavy atom. The molecule has 11 heteroatoms. The van der Waals surface area contributed by atoms with E-state index in [0.29, 0.717) is 45.5 Å². The van der Waals surface area contributed by atoms with Gasteiger partial charge in [0, 0.05) is 23.3 Å². The Morgan fingerprint density at radius 1 is 1.05 bits per heavy atom. The molecule has 2 aromatic carbocycles. The highest BCUT2D eigenvalue weighted by Crippen LogP contribution is 2.38. The molecule has 0 radical (unpaired) electrons. The van der Waals surface area contributed by atoms with Crippen LogP contribution >= 0.6 is 11.6 Å². The number of nitrogens with zero attached hydrogens (tertiary/aromatic N) is 3. The molecule has 2 aromatic heterocycles. The lowest BCUT2D eigenvalue weighted by molar-refractivity contribution is 0.0477. The number of hydrogen-bond donors (Lipinski definition) is 3. The summed E-state index contributed by atoms with van der Waals surface area (Å²) >= 11 is 6.48.